The molecule has 0 saturated carbocycles. The highest BCUT2D eigenvalue weighted by atomic mass is 16.5. The van der Waals surface area contributed by atoms with Crippen molar-refractivity contribution in [3.63, 3.8) is 0 Å². The molecule has 0 amide bonds. The number of nitrogens with two attached hydrogens (primary N) is 2. The number of aryl methyl sites for hydroxylation is 1. The number of rotatable bonds is 3. The molecule has 5 nitrogen and oxygen atoms in total. The van der Waals surface area contributed by atoms with Crippen LogP contribution in [-0.4, -0.2) is 17.1 Å². The fourth-order valence-electron chi connectivity index (χ4n) is 2.01. The van der Waals surface area contributed by atoms with Crippen LogP contribution < -0.4 is 16.2 Å². The van der Waals surface area contributed by atoms with Crippen LogP contribution >= 0.6 is 0 Å². The topological polar surface area (TPSA) is 87.0 Å². The SMILES string of the molecule is C=C(c1cc(C)c(C)c(OC)c1)c1cnc(N)nc1N. The number of methoxy groups -OCH3 is 1. The van der Waals surface area contributed by atoms with E-state index < -0.39 is 0 Å². The quantitative estimate of drug-likeness (QED) is 0.893. The number of nitrogens with zero attached hydrogens (tertiary/aromatic N) is 2. The van der Waals surface area contributed by atoms with Gasteiger partial charge in [0.05, 0.1) is 7.11 Å². The summed E-state index contributed by atoms with van der Waals surface area (Å²) < 4.78 is 5.38. The molecular formula is C15H18N4O. The Kier molecular flexibility index (Phi) is 3.61. The molecule has 0 spiro atoms. The van der Waals surface area contributed by atoms with Gasteiger partial charge in [0.1, 0.15) is 11.6 Å². The molecule has 0 radical (unpaired) electrons. The summed E-state index contributed by atoms with van der Waals surface area (Å²) in [6, 6.07) is 3.97. The first kappa shape index (κ1) is 13.9. The summed E-state index contributed by atoms with van der Waals surface area (Å²) in [5.41, 5.74) is 15.9. The third kappa shape index (κ3) is 2.42. The van der Waals surface area contributed by atoms with Crippen molar-refractivity contribution in [2.24, 2.45) is 0 Å². The number of ether oxygens (including phenoxy) is 1. The van der Waals surface area contributed by atoms with Gasteiger partial charge < -0.3 is 16.2 Å². The van der Waals surface area contributed by atoms with Crippen LogP contribution in [0.2, 0.25) is 0 Å². The Morgan fingerprint density at radius 1 is 1.25 bits per heavy atom. The fourth-order valence-corrected chi connectivity index (χ4v) is 2.01. The molecule has 0 unspecified atom stereocenters. The largest absolute Gasteiger partial charge is 0.496 e. The van der Waals surface area contributed by atoms with Gasteiger partial charge in [-0.25, -0.2) is 4.98 Å². The molecule has 20 heavy (non-hydrogen) atoms. The molecule has 1 aromatic carbocycles. The molecule has 5 heteroatoms. The Hall–Kier alpha value is -2.56. The summed E-state index contributed by atoms with van der Waals surface area (Å²) in [4.78, 5) is 7.92. The van der Waals surface area contributed by atoms with Crippen LogP contribution in [0.3, 0.4) is 0 Å². The Bertz CT molecular complexity index is 680. The van der Waals surface area contributed by atoms with E-state index in [2.05, 4.69) is 16.5 Å². The normalized spacial score (nSPS) is 10.3. The van der Waals surface area contributed by atoms with Crippen molar-refractivity contribution in [3.8, 4) is 5.75 Å². The minimum Gasteiger partial charge on any atom is -0.496 e. The van der Waals surface area contributed by atoms with Crippen LogP contribution in [-0.2, 0) is 0 Å². The van der Waals surface area contributed by atoms with E-state index in [4.69, 9.17) is 16.2 Å². The lowest BCUT2D eigenvalue weighted by Crippen LogP contribution is -2.03. The van der Waals surface area contributed by atoms with Crippen LogP contribution in [0.4, 0.5) is 11.8 Å². The summed E-state index contributed by atoms with van der Waals surface area (Å²) in [5.74, 6) is 1.28. The average Bonchev–Trinajstić information content (AvgIpc) is 2.41. The molecule has 2 rings (SSSR count). The van der Waals surface area contributed by atoms with Crippen LogP contribution in [0.15, 0.2) is 24.9 Å². The molecule has 104 valence electrons. The summed E-state index contributed by atoms with van der Waals surface area (Å²) in [6.45, 7) is 8.12. The summed E-state index contributed by atoms with van der Waals surface area (Å²) in [5, 5.41) is 0. The number of anilines is 2. The van der Waals surface area contributed by atoms with Crippen molar-refractivity contribution in [1.82, 2.24) is 9.97 Å². The highest BCUT2D eigenvalue weighted by molar-refractivity contribution is 5.83. The Morgan fingerprint density at radius 2 is 1.95 bits per heavy atom. The molecule has 0 aliphatic heterocycles. The molecule has 1 heterocycles. The zero-order valence-electron chi connectivity index (χ0n) is 11.9. The van der Waals surface area contributed by atoms with E-state index >= 15 is 0 Å². The third-order valence-electron chi connectivity index (χ3n) is 3.35. The number of benzene rings is 1. The number of hydrogen-bond donors (Lipinski definition) is 2. The Morgan fingerprint density at radius 3 is 2.55 bits per heavy atom. The molecule has 0 aliphatic carbocycles. The molecular weight excluding hydrogens is 252 g/mol. The van der Waals surface area contributed by atoms with Gasteiger partial charge in [-0.3, -0.25) is 0 Å². The van der Waals surface area contributed by atoms with Gasteiger partial charge in [-0.05, 0) is 42.2 Å². The van der Waals surface area contributed by atoms with E-state index in [1.165, 1.54) is 0 Å². The van der Waals surface area contributed by atoms with Gasteiger partial charge in [0.25, 0.3) is 0 Å². The third-order valence-corrected chi connectivity index (χ3v) is 3.35. The van der Waals surface area contributed by atoms with E-state index in [0.717, 1.165) is 28.0 Å². The average molecular weight is 270 g/mol. The maximum atomic E-state index is 5.87. The molecule has 0 bridgehead atoms. The van der Waals surface area contributed by atoms with E-state index in [1.54, 1.807) is 13.3 Å². The van der Waals surface area contributed by atoms with Gasteiger partial charge in [-0.15, -0.1) is 0 Å². The van der Waals surface area contributed by atoms with Gasteiger partial charge in [0.2, 0.25) is 5.95 Å². The first-order valence-electron chi connectivity index (χ1n) is 6.17. The van der Waals surface area contributed by atoms with Crippen molar-refractivity contribution in [2.75, 3.05) is 18.6 Å². The van der Waals surface area contributed by atoms with Crippen LogP contribution in [0.25, 0.3) is 5.57 Å². The standard InChI is InChI=1S/C15H18N4O/c1-8-5-11(6-13(20-4)9(8)2)10(3)12-7-18-15(17)19-14(12)16/h5-7H,3H2,1-2,4H3,(H4,16,17,18,19). The maximum Gasteiger partial charge on any atom is 0.221 e. The second kappa shape index (κ2) is 5.21. The summed E-state index contributed by atoms with van der Waals surface area (Å²) >= 11 is 0. The van der Waals surface area contributed by atoms with Crippen LogP contribution in [0.1, 0.15) is 22.3 Å². The summed E-state index contributed by atoms with van der Waals surface area (Å²) in [7, 11) is 1.65. The predicted molar refractivity (Wildman–Crippen MR) is 81.5 cm³/mol. The van der Waals surface area contributed by atoms with Gasteiger partial charge in [0, 0.05) is 11.8 Å². The first-order chi connectivity index (χ1) is 9.43. The zero-order valence-corrected chi connectivity index (χ0v) is 11.9. The number of hydrogen-bond acceptors (Lipinski definition) is 5. The zero-order chi connectivity index (χ0) is 14.9. The molecule has 4 N–H and O–H groups in total. The molecule has 0 saturated heterocycles. The van der Waals surface area contributed by atoms with Gasteiger partial charge in [0.15, 0.2) is 0 Å². The molecule has 0 aliphatic rings. The van der Waals surface area contributed by atoms with E-state index in [1.807, 2.05) is 26.0 Å². The van der Waals surface area contributed by atoms with E-state index in [0.29, 0.717) is 11.4 Å². The van der Waals surface area contributed by atoms with Crippen molar-refractivity contribution in [3.05, 3.63) is 47.2 Å². The lowest BCUT2D eigenvalue weighted by atomic mass is 9.96. The maximum absolute atomic E-state index is 5.87. The lowest BCUT2D eigenvalue weighted by Gasteiger charge is -2.13. The first-order valence-corrected chi connectivity index (χ1v) is 6.17. The lowest BCUT2D eigenvalue weighted by molar-refractivity contribution is 0.411. The minimum atomic E-state index is 0.150. The van der Waals surface area contributed by atoms with Crippen LogP contribution in [0.5, 0.6) is 5.75 Å². The Labute approximate surface area is 118 Å². The van der Waals surface area contributed by atoms with Crippen LogP contribution in [0, 0.1) is 13.8 Å². The van der Waals surface area contributed by atoms with Crippen molar-refractivity contribution in [1.29, 1.82) is 0 Å². The van der Waals surface area contributed by atoms with Gasteiger partial charge >= 0.3 is 0 Å². The van der Waals surface area contributed by atoms with Gasteiger partial charge in [-0.2, -0.15) is 4.98 Å². The smallest absolute Gasteiger partial charge is 0.221 e. The number of aromatic nitrogens is 2. The monoisotopic (exact) mass is 270 g/mol. The molecule has 1 aromatic heterocycles. The fraction of sp³-hybridized carbons (Fsp3) is 0.200. The molecule has 2 aromatic rings. The Balaban J connectivity index is 2.51. The minimum absolute atomic E-state index is 0.150. The molecule has 0 fully saturated rings. The summed E-state index contributed by atoms with van der Waals surface area (Å²) in [6.07, 6.45) is 1.58. The highest BCUT2D eigenvalue weighted by Crippen LogP contribution is 2.31. The van der Waals surface area contributed by atoms with Crippen molar-refractivity contribution >= 4 is 17.3 Å². The van der Waals surface area contributed by atoms with Crippen molar-refractivity contribution in [2.45, 2.75) is 13.8 Å². The second-order valence-electron chi connectivity index (χ2n) is 4.63. The predicted octanol–water partition coefficient (Wildman–Crippen LogP) is 2.33. The highest BCUT2D eigenvalue weighted by Gasteiger charge is 2.12. The van der Waals surface area contributed by atoms with E-state index in [-0.39, 0.29) is 5.95 Å². The second-order valence-corrected chi connectivity index (χ2v) is 4.63. The van der Waals surface area contributed by atoms with E-state index in [9.17, 15) is 0 Å². The number of nitrogen functional groups attached to an aromatic ring is 2. The van der Waals surface area contributed by atoms with Crippen molar-refractivity contribution < 1.29 is 4.74 Å². The van der Waals surface area contributed by atoms with Gasteiger partial charge in [-0.1, -0.05) is 12.6 Å². The molecule has 0 atom stereocenters.